The molecule has 0 bridgehead atoms. The lowest BCUT2D eigenvalue weighted by atomic mass is 9.73. The highest BCUT2D eigenvalue weighted by Gasteiger charge is 2.40. The van der Waals surface area contributed by atoms with Gasteiger partial charge >= 0.3 is 0 Å². The molecule has 2 aromatic rings. The average molecular weight is 373 g/mol. The second kappa shape index (κ2) is 7.60. The van der Waals surface area contributed by atoms with Gasteiger partial charge in [-0.3, -0.25) is 9.59 Å². The summed E-state index contributed by atoms with van der Waals surface area (Å²) in [7, 11) is 0. The van der Waals surface area contributed by atoms with Gasteiger partial charge in [-0.2, -0.15) is 0 Å². The Balaban J connectivity index is 1.90. The Morgan fingerprint density at radius 2 is 1.88 bits per heavy atom. The van der Waals surface area contributed by atoms with Crippen LogP contribution in [0.1, 0.15) is 35.7 Å². The van der Waals surface area contributed by atoms with E-state index in [0.29, 0.717) is 36.5 Å². The van der Waals surface area contributed by atoms with Crippen LogP contribution in [0.25, 0.3) is 0 Å². The van der Waals surface area contributed by atoms with E-state index < -0.39 is 11.2 Å². The lowest BCUT2D eigenvalue weighted by Gasteiger charge is -2.34. The summed E-state index contributed by atoms with van der Waals surface area (Å²) in [6.07, 6.45) is 1.08. The lowest BCUT2D eigenvalue weighted by Crippen LogP contribution is -2.45. The SMILES string of the molecule is CC(=O)c1ccc(Sc2cccc(C3(C(N)=O)CCOCC3)c2)c(F)c1. The van der Waals surface area contributed by atoms with Gasteiger partial charge in [0.25, 0.3) is 0 Å². The van der Waals surface area contributed by atoms with E-state index in [-0.39, 0.29) is 11.7 Å². The highest BCUT2D eigenvalue weighted by molar-refractivity contribution is 7.99. The van der Waals surface area contributed by atoms with E-state index in [0.717, 1.165) is 10.5 Å². The summed E-state index contributed by atoms with van der Waals surface area (Å²) in [5, 5.41) is 0. The molecule has 1 amide bonds. The maximum Gasteiger partial charge on any atom is 0.228 e. The molecule has 0 unspecified atom stereocenters. The summed E-state index contributed by atoms with van der Waals surface area (Å²) in [6.45, 7) is 2.38. The zero-order valence-electron chi connectivity index (χ0n) is 14.5. The molecule has 1 aliphatic heterocycles. The van der Waals surface area contributed by atoms with Crippen LogP contribution in [0.5, 0.6) is 0 Å². The van der Waals surface area contributed by atoms with Crippen molar-refractivity contribution in [2.24, 2.45) is 5.73 Å². The van der Waals surface area contributed by atoms with Gasteiger partial charge in [-0.25, -0.2) is 4.39 Å². The maximum atomic E-state index is 14.3. The Morgan fingerprint density at radius 3 is 2.50 bits per heavy atom. The van der Waals surface area contributed by atoms with Gasteiger partial charge in [0.05, 0.1) is 5.41 Å². The molecule has 2 N–H and O–H groups in total. The molecule has 1 saturated heterocycles. The molecule has 0 aliphatic carbocycles. The van der Waals surface area contributed by atoms with E-state index in [1.54, 1.807) is 12.1 Å². The van der Waals surface area contributed by atoms with Crippen LogP contribution in [0, 0.1) is 5.82 Å². The molecule has 0 spiro atoms. The number of nitrogens with two attached hydrogens (primary N) is 1. The minimum atomic E-state index is -0.744. The minimum absolute atomic E-state index is 0.176. The normalized spacial score (nSPS) is 16.2. The predicted molar refractivity (Wildman–Crippen MR) is 97.9 cm³/mol. The van der Waals surface area contributed by atoms with Gasteiger partial charge in [0.15, 0.2) is 5.78 Å². The number of carbonyl (C=O) groups excluding carboxylic acids is 2. The lowest BCUT2D eigenvalue weighted by molar-refractivity contribution is -0.127. The van der Waals surface area contributed by atoms with Crippen molar-refractivity contribution in [3.05, 3.63) is 59.4 Å². The maximum absolute atomic E-state index is 14.3. The summed E-state index contributed by atoms with van der Waals surface area (Å²) in [6, 6.07) is 11.9. The molecule has 2 aromatic carbocycles. The highest BCUT2D eigenvalue weighted by Crippen LogP contribution is 2.38. The van der Waals surface area contributed by atoms with Gasteiger partial charge in [0.1, 0.15) is 5.82 Å². The number of halogens is 1. The number of hydrogen-bond acceptors (Lipinski definition) is 4. The van der Waals surface area contributed by atoms with Crippen LogP contribution < -0.4 is 5.73 Å². The van der Waals surface area contributed by atoms with Crippen LogP contribution in [-0.4, -0.2) is 24.9 Å². The van der Waals surface area contributed by atoms with Crippen LogP contribution in [0.3, 0.4) is 0 Å². The van der Waals surface area contributed by atoms with E-state index in [9.17, 15) is 14.0 Å². The first-order valence-electron chi connectivity index (χ1n) is 8.39. The molecule has 26 heavy (non-hydrogen) atoms. The summed E-state index contributed by atoms with van der Waals surface area (Å²) in [5.41, 5.74) is 6.14. The largest absolute Gasteiger partial charge is 0.381 e. The van der Waals surface area contributed by atoms with Crippen LogP contribution in [-0.2, 0) is 14.9 Å². The van der Waals surface area contributed by atoms with Crippen molar-refractivity contribution in [2.45, 2.75) is 35.0 Å². The van der Waals surface area contributed by atoms with Gasteiger partial charge in [-0.15, -0.1) is 0 Å². The first-order valence-corrected chi connectivity index (χ1v) is 9.20. The zero-order chi connectivity index (χ0) is 18.7. The van der Waals surface area contributed by atoms with Gasteiger partial charge < -0.3 is 10.5 Å². The molecule has 1 heterocycles. The summed E-state index contributed by atoms with van der Waals surface area (Å²) in [4.78, 5) is 24.8. The minimum Gasteiger partial charge on any atom is -0.381 e. The van der Waals surface area contributed by atoms with Crippen molar-refractivity contribution in [2.75, 3.05) is 13.2 Å². The monoisotopic (exact) mass is 373 g/mol. The summed E-state index contributed by atoms with van der Waals surface area (Å²) in [5.74, 6) is -0.978. The number of benzene rings is 2. The third-order valence-corrected chi connectivity index (χ3v) is 5.81. The summed E-state index contributed by atoms with van der Waals surface area (Å²) < 4.78 is 19.7. The van der Waals surface area contributed by atoms with Gasteiger partial charge in [0.2, 0.25) is 5.91 Å². The first-order chi connectivity index (χ1) is 12.4. The molecule has 0 atom stereocenters. The second-order valence-electron chi connectivity index (χ2n) is 6.39. The average Bonchev–Trinajstić information content (AvgIpc) is 2.64. The molecule has 4 nitrogen and oxygen atoms in total. The van der Waals surface area contributed by atoms with Gasteiger partial charge in [-0.05, 0) is 49.6 Å². The van der Waals surface area contributed by atoms with E-state index in [4.69, 9.17) is 10.5 Å². The zero-order valence-corrected chi connectivity index (χ0v) is 15.3. The molecule has 136 valence electrons. The number of carbonyl (C=O) groups is 2. The van der Waals surface area contributed by atoms with Crippen LogP contribution in [0.15, 0.2) is 52.3 Å². The molecule has 0 saturated carbocycles. The molecule has 0 aromatic heterocycles. The quantitative estimate of drug-likeness (QED) is 0.811. The van der Waals surface area contributed by atoms with E-state index in [1.807, 2.05) is 24.3 Å². The fourth-order valence-electron chi connectivity index (χ4n) is 3.18. The number of rotatable bonds is 5. The van der Waals surface area contributed by atoms with Crippen molar-refractivity contribution in [1.82, 2.24) is 0 Å². The molecule has 1 aliphatic rings. The third-order valence-electron chi connectivity index (χ3n) is 4.77. The van der Waals surface area contributed by atoms with Crippen molar-refractivity contribution in [3.8, 4) is 0 Å². The van der Waals surface area contributed by atoms with Gasteiger partial charge in [0, 0.05) is 28.6 Å². The van der Waals surface area contributed by atoms with E-state index in [1.165, 1.54) is 24.8 Å². The van der Waals surface area contributed by atoms with E-state index >= 15 is 0 Å². The van der Waals surface area contributed by atoms with Crippen molar-refractivity contribution in [3.63, 3.8) is 0 Å². The van der Waals surface area contributed by atoms with Crippen LogP contribution >= 0.6 is 11.8 Å². The Kier molecular flexibility index (Phi) is 5.44. The molecular formula is C20H20FNO3S. The van der Waals surface area contributed by atoms with Gasteiger partial charge in [-0.1, -0.05) is 30.0 Å². The molecule has 6 heteroatoms. The number of amides is 1. The number of ketones is 1. The fourth-order valence-corrected chi connectivity index (χ4v) is 4.06. The summed E-state index contributed by atoms with van der Waals surface area (Å²) >= 11 is 1.25. The van der Waals surface area contributed by atoms with Crippen molar-refractivity contribution in [1.29, 1.82) is 0 Å². The standard InChI is InChI=1S/C20H20FNO3S/c1-13(23)14-5-6-18(17(21)11-14)26-16-4-2-3-15(12-16)20(19(22)24)7-9-25-10-8-20/h2-6,11-12H,7-10H2,1H3,(H2,22,24). The predicted octanol–water partition coefficient (Wildman–Crippen LogP) is 3.71. The third kappa shape index (κ3) is 3.66. The topological polar surface area (TPSA) is 69.4 Å². The highest BCUT2D eigenvalue weighted by atomic mass is 32.2. The molecule has 3 rings (SSSR count). The Bertz CT molecular complexity index is 847. The number of Topliss-reactive ketones (excluding diaryl/α,β-unsaturated/α-hetero) is 1. The Morgan fingerprint density at radius 1 is 1.15 bits per heavy atom. The van der Waals surface area contributed by atoms with Crippen molar-refractivity contribution >= 4 is 23.5 Å². The number of hydrogen-bond donors (Lipinski definition) is 1. The molecular weight excluding hydrogens is 353 g/mol. The van der Waals surface area contributed by atoms with Crippen LogP contribution in [0.2, 0.25) is 0 Å². The molecule has 1 fully saturated rings. The second-order valence-corrected chi connectivity index (χ2v) is 7.51. The smallest absolute Gasteiger partial charge is 0.228 e. The Hall–Kier alpha value is -2.18. The van der Waals surface area contributed by atoms with Crippen molar-refractivity contribution < 1.29 is 18.7 Å². The number of primary amides is 1. The van der Waals surface area contributed by atoms with E-state index in [2.05, 4.69) is 0 Å². The first kappa shape index (κ1) is 18.6. The fraction of sp³-hybridized carbons (Fsp3) is 0.300. The van der Waals surface area contributed by atoms with Crippen LogP contribution in [0.4, 0.5) is 4.39 Å². The Labute approximate surface area is 155 Å². The molecule has 0 radical (unpaired) electrons. The number of ether oxygens (including phenoxy) is 1.